The molecule has 0 aliphatic heterocycles. The lowest BCUT2D eigenvalue weighted by molar-refractivity contribution is 0.466. The lowest BCUT2D eigenvalue weighted by atomic mass is 9.87. The van der Waals surface area contributed by atoms with E-state index in [1.54, 1.807) is 18.2 Å². The zero-order valence-electron chi connectivity index (χ0n) is 11.6. The van der Waals surface area contributed by atoms with Crippen molar-refractivity contribution in [2.24, 2.45) is 0 Å². The Hall–Kier alpha value is -1.83. The van der Waals surface area contributed by atoms with Crippen molar-refractivity contribution in [2.75, 3.05) is 0 Å². The Morgan fingerprint density at radius 2 is 1.58 bits per heavy atom. The van der Waals surface area contributed by atoms with Crippen LogP contribution in [0.3, 0.4) is 0 Å². The summed E-state index contributed by atoms with van der Waals surface area (Å²) >= 11 is 0. The van der Waals surface area contributed by atoms with E-state index in [1.807, 2.05) is 24.3 Å². The van der Waals surface area contributed by atoms with Gasteiger partial charge < -0.3 is 4.74 Å². The SMILES string of the molecule is CC(C)(C)c1cccc(Oc2cccc(CF)c2)c1. The molecular formula is C17H19FO. The Bertz CT molecular complexity index is 555. The van der Waals surface area contributed by atoms with E-state index in [4.69, 9.17) is 4.74 Å². The molecule has 2 aromatic rings. The van der Waals surface area contributed by atoms with Crippen molar-refractivity contribution < 1.29 is 9.13 Å². The Labute approximate surface area is 114 Å². The first kappa shape index (κ1) is 13.6. The maximum atomic E-state index is 12.6. The highest BCUT2D eigenvalue weighted by atomic mass is 19.1. The second kappa shape index (κ2) is 5.43. The third kappa shape index (κ3) is 3.57. The van der Waals surface area contributed by atoms with Crippen LogP contribution in [-0.2, 0) is 12.1 Å². The molecule has 0 bridgehead atoms. The van der Waals surface area contributed by atoms with E-state index < -0.39 is 6.67 Å². The molecule has 0 radical (unpaired) electrons. The van der Waals surface area contributed by atoms with Crippen molar-refractivity contribution in [1.29, 1.82) is 0 Å². The summed E-state index contributed by atoms with van der Waals surface area (Å²) in [6.45, 7) is 6.01. The van der Waals surface area contributed by atoms with Gasteiger partial charge in [0, 0.05) is 0 Å². The smallest absolute Gasteiger partial charge is 0.127 e. The molecule has 0 spiro atoms. The molecule has 2 aromatic carbocycles. The molecule has 0 saturated heterocycles. The molecule has 0 N–H and O–H groups in total. The van der Waals surface area contributed by atoms with Gasteiger partial charge >= 0.3 is 0 Å². The van der Waals surface area contributed by atoms with Crippen LogP contribution < -0.4 is 4.74 Å². The molecule has 0 fully saturated rings. The van der Waals surface area contributed by atoms with Crippen LogP contribution in [0.2, 0.25) is 0 Å². The lowest BCUT2D eigenvalue weighted by Gasteiger charge is -2.19. The van der Waals surface area contributed by atoms with E-state index in [1.165, 1.54) is 5.56 Å². The molecule has 0 aliphatic rings. The normalized spacial score (nSPS) is 11.4. The zero-order chi connectivity index (χ0) is 13.9. The molecular weight excluding hydrogens is 239 g/mol. The maximum Gasteiger partial charge on any atom is 0.127 e. The first-order valence-corrected chi connectivity index (χ1v) is 6.42. The topological polar surface area (TPSA) is 9.23 Å². The molecule has 0 aromatic heterocycles. The van der Waals surface area contributed by atoms with Crippen LogP contribution in [0.15, 0.2) is 48.5 Å². The van der Waals surface area contributed by atoms with Crippen molar-refractivity contribution in [3.05, 3.63) is 59.7 Å². The van der Waals surface area contributed by atoms with E-state index in [0.29, 0.717) is 11.3 Å². The number of hydrogen-bond acceptors (Lipinski definition) is 1. The molecule has 2 heteroatoms. The van der Waals surface area contributed by atoms with Crippen LogP contribution in [-0.4, -0.2) is 0 Å². The van der Waals surface area contributed by atoms with Crippen molar-refractivity contribution in [3.8, 4) is 11.5 Å². The van der Waals surface area contributed by atoms with Gasteiger partial charge in [0.05, 0.1) is 0 Å². The highest BCUT2D eigenvalue weighted by Crippen LogP contribution is 2.28. The molecule has 19 heavy (non-hydrogen) atoms. The van der Waals surface area contributed by atoms with Gasteiger partial charge in [0.1, 0.15) is 18.2 Å². The van der Waals surface area contributed by atoms with E-state index in [2.05, 4.69) is 26.8 Å². The van der Waals surface area contributed by atoms with Crippen molar-refractivity contribution in [2.45, 2.75) is 32.9 Å². The van der Waals surface area contributed by atoms with Gasteiger partial charge in [0.2, 0.25) is 0 Å². The molecule has 0 unspecified atom stereocenters. The third-order valence-corrected chi connectivity index (χ3v) is 2.99. The van der Waals surface area contributed by atoms with Gasteiger partial charge in [-0.15, -0.1) is 0 Å². The number of benzene rings is 2. The van der Waals surface area contributed by atoms with Crippen LogP contribution in [0.4, 0.5) is 4.39 Å². The summed E-state index contributed by atoms with van der Waals surface area (Å²) in [5.41, 5.74) is 1.93. The monoisotopic (exact) mass is 258 g/mol. The number of rotatable bonds is 3. The number of ether oxygens (including phenoxy) is 1. The third-order valence-electron chi connectivity index (χ3n) is 2.99. The summed E-state index contributed by atoms with van der Waals surface area (Å²) in [5, 5.41) is 0. The highest BCUT2D eigenvalue weighted by Gasteiger charge is 2.14. The fourth-order valence-electron chi connectivity index (χ4n) is 1.85. The fourth-order valence-corrected chi connectivity index (χ4v) is 1.85. The highest BCUT2D eigenvalue weighted by molar-refractivity contribution is 5.37. The Morgan fingerprint density at radius 3 is 2.21 bits per heavy atom. The average molecular weight is 258 g/mol. The second-order valence-electron chi connectivity index (χ2n) is 5.66. The quantitative estimate of drug-likeness (QED) is 0.731. The Morgan fingerprint density at radius 1 is 0.947 bits per heavy atom. The first-order chi connectivity index (χ1) is 8.99. The van der Waals surface area contributed by atoms with Gasteiger partial charge in [-0.2, -0.15) is 0 Å². The largest absolute Gasteiger partial charge is 0.457 e. The second-order valence-corrected chi connectivity index (χ2v) is 5.66. The number of alkyl halides is 1. The van der Waals surface area contributed by atoms with E-state index in [9.17, 15) is 4.39 Å². The molecule has 0 saturated carbocycles. The van der Waals surface area contributed by atoms with Crippen LogP contribution in [0.1, 0.15) is 31.9 Å². The van der Waals surface area contributed by atoms with Gasteiger partial charge in [-0.25, -0.2) is 4.39 Å². The van der Waals surface area contributed by atoms with Crippen LogP contribution in [0.25, 0.3) is 0 Å². The molecule has 0 aliphatic carbocycles. The van der Waals surface area contributed by atoms with Crippen molar-refractivity contribution >= 4 is 0 Å². The fraction of sp³-hybridized carbons (Fsp3) is 0.294. The van der Waals surface area contributed by atoms with Gasteiger partial charge in [-0.1, -0.05) is 45.0 Å². The van der Waals surface area contributed by atoms with Crippen LogP contribution in [0, 0.1) is 0 Å². The predicted octanol–water partition coefficient (Wildman–Crippen LogP) is 5.25. The van der Waals surface area contributed by atoms with E-state index >= 15 is 0 Å². The van der Waals surface area contributed by atoms with Gasteiger partial charge in [0.15, 0.2) is 0 Å². The summed E-state index contributed by atoms with van der Waals surface area (Å²) in [4.78, 5) is 0. The summed E-state index contributed by atoms with van der Waals surface area (Å²) < 4.78 is 18.4. The summed E-state index contributed by atoms with van der Waals surface area (Å²) in [6.07, 6.45) is 0. The van der Waals surface area contributed by atoms with Crippen molar-refractivity contribution in [1.82, 2.24) is 0 Å². The van der Waals surface area contributed by atoms with Crippen molar-refractivity contribution in [3.63, 3.8) is 0 Å². The summed E-state index contributed by atoms with van der Waals surface area (Å²) in [5.74, 6) is 1.45. The maximum absolute atomic E-state index is 12.6. The van der Waals surface area contributed by atoms with Gasteiger partial charge in [0.25, 0.3) is 0 Å². The average Bonchev–Trinajstić information content (AvgIpc) is 2.38. The minimum atomic E-state index is -0.473. The summed E-state index contributed by atoms with van der Waals surface area (Å²) in [7, 11) is 0. The van der Waals surface area contributed by atoms with Gasteiger partial charge in [-0.05, 0) is 40.8 Å². The van der Waals surface area contributed by atoms with E-state index in [-0.39, 0.29) is 5.41 Å². The van der Waals surface area contributed by atoms with E-state index in [0.717, 1.165) is 5.75 Å². The van der Waals surface area contributed by atoms with Crippen LogP contribution >= 0.6 is 0 Å². The van der Waals surface area contributed by atoms with Crippen LogP contribution in [0.5, 0.6) is 11.5 Å². The molecule has 100 valence electrons. The number of hydrogen-bond donors (Lipinski definition) is 0. The molecule has 2 rings (SSSR count). The minimum Gasteiger partial charge on any atom is -0.457 e. The standard InChI is InChI=1S/C17H19FO/c1-17(2,3)14-7-5-9-16(11-14)19-15-8-4-6-13(10-15)12-18/h4-11H,12H2,1-3H3. The molecule has 1 nitrogen and oxygen atoms in total. The minimum absolute atomic E-state index is 0.0835. The predicted molar refractivity (Wildman–Crippen MR) is 76.5 cm³/mol. The molecule has 0 heterocycles. The molecule has 0 amide bonds. The molecule has 0 atom stereocenters. The Balaban J connectivity index is 2.23. The zero-order valence-corrected chi connectivity index (χ0v) is 11.6. The summed E-state index contributed by atoms with van der Waals surface area (Å²) in [6, 6.07) is 15.1. The first-order valence-electron chi connectivity index (χ1n) is 6.42. The van der Waals surface area contributed by atoms with Gasteiger partial charge in [-0.3, -0.25) is 0 Å². The number of halogens is 1. The lowest BCUT2D eigenvalue weighted by Crippen LogP contribution is -2.10. The Kier molecular flexibility index (Phi) is 3.89.